The fourth-order valence-electron chi connectivity index (χ4n) is 1.69. The van der Waals surface area contributed by atoms with Gasteiger partial charge in [0.25, 0.3) is 0 Å². The van der Waals surface area contributed by atoms with Crippen LogP contribution in [0.1, 0.15) is 18.5 Å². The Kier molecular flexibility index (Phi) is 7.25. The van der Waals surface area contributed by atoms with Crippen LogP contribution in [0, 0.1) is 0 Å². The molecule has 0 heterocycles. The number of benzene rings is 1. The highest BCUT2D eigenvalue weighted by Gasteiger charge is 2.14. The van der Waals surface area contributed by atoms with E-state index in [0.29, 0.717) is 18.1 Å². The van der Waals surface area contributed by atoms with Crippen LogP contribution in [0.4, 0.5) is 0 Å². The Balaban J connectivity index is 2.61. The van der Waals surface area contributed by atoms with Gasteiger partial charge in [-0.15, -0.1) is 11.8 Å². The Morgan fingerprint density at radius 3 is 2.70 bits per heavy atom. The van der Waals surface area contributed by atoms with E-state index in [1.54, 1.807) is 21.1 Å². The molecule has 0 fully saturated rings. The monoisotopic (exact) mass is 299 g/mol. The molecule has 1 unspecified atom stereocenters. The molecule has 0 saturated heterocycles. The van der Waals surface area contributed by atoms with Crippen molar-refractivity contribution in [2.75, 3.05) is 32.3 Å². The van der Waals surface area contributed by atoms with Gasteiger partial charge in [0, 0.05) is 17.4 Å². The summed E-state index contributed by atoms with van der Waals surface area (Å²) in [6.45, 7) is 2.19. The van der Waals surface area contributed by atoms with Crippen LogP contribution >= 0.6 is 11.8 Å². The van der Waals surface area contributed by atoms with Gasteiger partial charge < -0.3 is 19.9 Å². The molecule has 1 rings (SSSR count). The van der Waals surface area contributed by atoms with E-state index in [1.807, 2.05) is 18.2 Å². The molecule has 0 saturated carbocycles. The zero-order valence-corrected chi connectivity index (χ0v) is 12.9. The molecule has 2 N–H and O–H groups in total. The van der Waals surface area contributed by atoms with E-state index in [1.165, 1.54) is 11.8 Å². The summed E-state index contributed by atoms with van der Waals surface area (Å²) < 4.78 is 15.3. The normalized spacial score (nSPS) is 11.8. The van der Waals surface area contributed by atoms with Crippen molar-refractivity contribution in [3.8, 4) is 11.5 Å². The number of carbonyl (C=O) groups is 1. The smallest absolute Gasteiger partial charge is 0.315 e. The zero-order chi connectivity index (χ0) is 15.0. The number of carbonyl (C=O) groups excluding carboxylic acids is 1. The van der Waals surface area contributed by atoms with Crippen LogP contribution < -0.4 is 15.2 Å². The number of thioether (sulfide) groups is 1. The van der Waals surface area contributed by atoms with Crippen molar-refractivity contribution in [1.82, 2.24) is 0 Å². The maximum Gasteiger partial charge on any atom is 0.315 e. The quantitative estimate of drug-likeness (QED) is 0.740. The molecule has 5 nitrogen and oxygen atoms in total. The third-order valence-corrected chi connectivity index (χ3v) is 3.69. The first kappa shape index (κ1) is 16.7. The highest BCUT2D eigenvalue weighted by Crippen LogP contribution is 2.29. The summed E-state index contributed by atoms with van der Waals surface area (Å²) in [5, 5.41) is 0. The summed E-state index contributed by atoms with van der Waals surface area (Å²) in [6, 6.07) is 5.26. The Hall–Kier alpha value is -1.40. The molecule has 20 heavy (non-hydrogen) atoms. The standard InChI is InChI=1S/C14H21NO4S/c1-4-19-14(16)9-20-8-12(15)11-7-10(17-2)5-6-13(11)18-3/h5-7,12H,4,8-9,15H2,1-3H3. The lowest BCUT2D eigenvalue weighted by molar-refractivity contribution is -0.139. The van der Waals surface area contributed by atoms with E-state index < -0.39 is 0 Å². The Morgan fingerprint density at radius 1 is 1.35 bits per heavy atom. The zero-order valence-electron chi connectivity index (χ0n) is 12.0. The van der Waals surface area contributed by atoms with Crippen molar-refractivity contribution < 1.29 is 19.0 Å². The van der Waals surface area contributed by atoms with Crippen LogP contribution in [0.2, 0.25) is 0 Å². The Bertz CT molecular complexity index is 439. The second-order valence-corrected chi connectivity index (χ2v) is 5.06. The lowest BCUT2D eigenvalue weighted by Crippen LogP contribution is -2.16. The van der Waals surface area contributed by atoms with Gasteiger partial charge in [0.05, 0.1) is 26.6 Å². The number of esters is 1. The van der Waals surface area contributed by atoms with Crippen LogP contribution in [-0.4, -0.2) is 38.3 Å². The molecule has 1 atom stereocenters. The summed E-state index contributed by atoms with van der Waals surface area (Å²) >= 11 is 1.44. The number of methoxy groups -OCH3 is 2. The Labute approximate surface area is 123 Å². The van der Waals surface area contributed by atoms with Crippen LogP contribution in [-0.2, 0) is 9.53 Å². The molecule has 1 aromatic rings. The summed E-state index contributed by atoms with van der Waals surface area (Å²) in [4.78, 5) is 11.3. The number of ether oxygens (including phenoxy) is 3. The summed E-state index contributed by atoms with van der Waals surface area (Å²) in [5.74, 6) is 2.12. The summed E-state index contributed by atoms with van der Waals surface area (Å²) in [7, 11) is 3.20. The molecule has 0 aromatic heterocycles. The van der Waals surface area contributed by atoms with Crippen LogP contribution in [0.15, 0.2) is 18.2 Å². The number of hydrogen-bond acceptors (Lipinski definition) is 6. The summed E-state index contributed by atoms with van der Waals surface area (Å²) in [5.41, 5.74) is 7.01. The van der Waals surface area contributed by atoms with Gasteiger partial charge in [-0.25, -0.2) is 0 Å². The molecule has 0 amide bonds. The van der Waals surface area contributed by atoms with E-state index in [9.17, 15) is 4.79 Å². The van der Waals surface area contributed by atoms with E-state index >= 15 is 0 Å². The van der Waals surface area contributed by atoms with Crippen molar-refractivity contribution in [2.45, 2.75) is 13.0 Å². The van der Waals surface area contributed by atoms with E-state index in [0.717, 1.165) is 17.1 Å². The maximum atomic E-state index is 11.3. The van der Waals surface area contributed by atoms with E-state index in [4.69, 9.17) is 19.9 Å². The minimum absolute atomic E-state index is 0.220. The van der Waals surface area contributed by atoms with Crippen molar-refractivity contribution in [1.29, 1.82) is 0 Å². The average Bonchev–Trinajstić information content (AvgIpc) is 2.46. The van der Waals surface area contributed by atoms with Crippen LogP contribution in [0.3, 0.4) is 0 Å². The third-order valence-electron chi connectivity index (χ3n) is 2.66. The first-order valence-electron chi connectivity index (χ1n) is 6.33. The number of hydrogen-bond donors (Lipinski definition) is 1. The molecule has 0 aliphatic heterocycles. The van der Waals surface area contributed by atoms with Gasteiger partial charge in [-0.1, -0.05) is 0 Å². The fourth-order valence-corrected chi connectivity index (χ4v) is 2.49. The molecule has 0 aliphatic rings. The molecule has 0 bridgehead atoms. The molecule has 0 radical (unpaired) electrons. The second-order valence-electron chi connectivity index (χ2n) is 4.03. The van der Waals surface area contributed by atoms with Crippen LogP contribution in [0.25, 0.3) is 0 Å². The third kappa shape index (κ3) is 4.94. The lowest BCUT2D eigenvalue weighted by Gasteiger charge is -2.16. The first-order chi connectivity index (χ1) is 9.62. The molecule has 1 aromatic carbocycles. The van der Waals surface area contributed by atoms with E-state index in [2.05, 4.69) is 0 Å². The topological polar surface area (TPSA) is 70.8 Å². The van der Waals surface area contributed by atoms with Gasteiger partial charge in [0.2, 0.25) is 0 Å². The fraction of sp³-hybridized carbons (Fsp3) is 0.500. The van der Waals surface area contributed by atoms with Crippen LogP contribution in [0.5, 0.6) is 11.5 Å². The van der Waals surface area contributed by atoms with Gasteiger partial charge >= 0.3 is 5.97 Å². The van der Waals surface area contributed by atoms with Crippen molar-refractivity contribution in [3.63, 3.8) is 0 Å². The van der Waals surface area contributed by atoms with Gasteiger partial charge in [0.15, 0.2) is 0 Å². The largest absolute Gasteiger partial charge is 0.497 e. The highest BCUT2D eigenvalue weighted by molar-refractivity contribution is 7.99. The predicted octanol–water partition coefficient (Wildman–Crippen LogP) is 2.00. The van der Waals surface area contributed by atoms with Gasteiger partial charge in [-0.3, -0.25) is 4.79 Å². The van der Waals surface area contributed by atoms with Gasteiger partial charge in [-0.2, -0.15) is 0 Å². The van der Waals surface area contributed by atoms with Crippen molar-refractivity contribution in [2.24, 2.45) is 5.73 Å². The molecule has 112 valence electrons. The number of nitrogens with two attached hydrogens (primary N) is 1. The van der Waals surface area contributed by atoms with Gasteiger partial charge in [0.1, 0.15) is 11.5 Å². The molecular weight excluding hydrogens is 278 g/mol. The lowest BCUT2D eigenvalue weighted by atomic mass is 10.1. The predicted molar refractivity (Wildman–Crippen MR) is 80.4 cm³/mol. The number of rotatable bonds is 8. The highest BCUT2D eigenvalue weighted by atomic mass is 32.2. The molecular formula is C14H21NO4S. The molecule has 6 heteroatoms. The SMILES string of the molecule is CCOC(=O)CSCC(N)c1cc(OC)ccc1OC. The Morgan fingerprint density at radius 2 is 2.10 bits per heavy atom. The summed E-state index contributed by atoms with van der Waals surface area (Å²) in [6.07, 6.45) is 0. The van der Waals surface area contributed by atoms with E-state index in [-0.39, 0.29) is 12.0 Å². The van der Waals surface area contributed by atoms with Gasteiger partial charge in [-0.05, 0) is 25.1 Å². The first-order valence-corrected chi connectivity index (χ1v) is 7.48. The maximum absolute atomic E-state index is 11.3. The van der Waals surface area contributed by atoms with Crippen molar-refractivity contribution in [3.05, 3.63) is 23.8 Å². The minimum atomic E-state index is -0.237. The molecule has 0 aliphatic carbocycles. The van der Waals surface area contributed by atoms with Crippen molar-refractivity contribution >= 4 is 17.7 Å². The minimum Gasteiger partial charge on any atom is -0.497 e. The second kappa shape index (κ2) is 8.71. The average molecular weight is 299 g/mol. The molecule has 0 spiro atoms.